The van der Waals surface area contributed by atoms with E-state index < -0.39 is 5.97 Å². The van der Waals surface area contributed by atoms with Gasteiger partial charge in [0.25, 0.3) is 0 Å². The summed E-state index contributed by atoms with van der Waals surface area (Å²) < 4.78 is 5.31. The maximum absolute atomic E-state index is 10.3. The van der Waals surface area contributed by atoms with Crippen LogP contribution in [0, 0.1) is 5.92 Å². The molecule has 1 saturated heterocycles. The minimum absolute atomic E-state index is 0.704. The molecule has 92 valence electrons. The second-order valence-corrected chi connectivity index (χ2v) is 4.35. The van der Waals surface area contributed by atoms with Gasteiger partial charge in [-0.05, 0) is 38.8 Å². The average Bonchev–Trinajstić information content (AvgIpc) is 2.27. The Morgan fingerprint density at radius 3 is 2.81 bits per heavy atom. The van der Waals surface area contributed by atoms with Crippen molar-refractivity contribution in [2.24, 2.45) is 5.92 Å². The molecule has 1 rings (SSSR count). The molecule has 0 unspecified atom stereocenters. The second kappa shape index (κ2) is 7.41. The summed E-state index contributed by atoms with van der Waals surface area (Å²) in [5, 5.41) is 8.44. The molecule has 4 nitrogen and oxygen atoms in total. The Kier molecular flexibility index (Phi) is 6.11. The molecule has 16 heavy (non-hydrogen) atoms. The number of aliphatic carboxylic acids is 1. The lowest BCUT2D eigenvalue weighted by atomic mass is 9.96. The van der Waals surface area contributed by atoms with Gasteiger partial charge in [0.15, 0.2) is 0 Å². The SMILES string of the molecule is CN(C/C=C/C(=O)O)CCC1CCOCC1. The van der Waals surface area contributed by atoms with Crippen molar-refractivity contribution >= 4 is 5.97 Å². The molecule has 0 amide bonds. The zero-order valence-corrected chi connectivity index (χ0v) is 9.89. The van der Waals surface area contributed by atoms with Crippen molar-refractivity contribution in [2.45, 2.75) is 19.3 Å². The predicted octanol–water partition coefficient (Wildman–Crippen LogP) is 1.38. The molecule has 1 N–H and O–H groups in total. The summed E-state index contributed by atoms with van der Waals surface area (Å²) in [5.41, 5.74) is 0. The van der Waals surface area contributed by atoms with Gasteiger partial charge in [0.2, 0.25) is 0 Å². The second-order valence-electron chi connectivity index (χ2n) is 4.35. The van der Waals surface area contributed by atoms with Crippen molar-refractivity contribution in [2.75, 3.05) is 33.4 Å². The molecule has 0 aromatic carbocycles. The number of hydrogen-bond acceptors (Lipinski definition) is 3. The van der Waals surface area contributed by atoms with Crippen LogP contribution in [-0.4, -0.2) is 49.3 Å². The number of likely N-dealkylation sites (N-methyl/N-ethyl adjacent to an activating group) is 1. The summed E-state index contributed by atoms with van der Waals surface area (Å²) in [7, 11) is 2.02. The standard InChI is InChI=1S/C12H21NO3/c1-13(7-2-3-12(14)15)8-4-11-5-9-16-10-6-11/h2-3,11H,4-10H2,1H3,(H,14,15)/b3-2+. The van der Waals surface area contributed by atoms with Gasteiger partial charge in [-0.1, -0.05) is 6.08 Å². The Bertz CT molecular complexity index is 234. The monoisotopic (exact) mass is 227 g/mol. The van der Waals surface area contributed by atoms with E-state index in [2.05, 4.69) is 4.90 Å². The summed E-state index contributed by atoms with van der Waals surface area (Å²) in [5.74, 6) is -0.0996. The Morgan fingerprint density at radius 1 is 1.50 bits per heavy atom. The van der Waals surface area contributed by atoms with Crippen LogP contribution >= 0.6 is 0 Å². The van der Waals surface area contributed by atoms with Crippen LogP contribution in [0.2, 0.25) is 0 Å². The average molecular weight is 227 g/mol. The van der Waals surface area contributed by atoms with E-state index >= 15 is 0 Å². The predicted molar refractivity (Wildman–Crippen MR) is 62.4 cm³/mol. The van der Waals surface area contributed by atoms with Crippen LogP contribution in [0.3, 0.4) is 0 Å². The van der Waals surface area contributed by atoms with Gasteiger partial charge in [0.05, 0.1) is 0 Å². The van der Waals surface area contributed by atoms with Gasteiger partial charge in [-0.15, -0.1) is 0 Å². The van der Waals surface area contributed by atoms with Crippen LogP contribution in [-0.2, 0) is 9.53 Å². The summed E-state index contributed by atoms with van der Waals surface area (Å²) in [4.78, 5) is 12.4. The highest BCUT2D eigenvalue weighted by atomic mass is 16.5. The van der Waals surface area contributed by atoms with Crippen molar-refractivity contribution in [1.29, 1.82) is 0 Å². The van der Waals surface area contributed by atoms with Crippen LogP contribution < -0.4 is 0 Å². The van der Waals surface area contributed by atoms with E-state index in [0.717, 1.165) is 25.7 Å². The zero-order valence-electron chi connectivity index (χ0n) is 9.89. The minimum Gasteiger partial charge on any atom is -0.478 e. The Balaban J connectivity index is 2.09. The Hall–Kier alpha value is -0.870. The van der Waals surface area contributed by atoms with Crippen LogP contribution in [0.15, 0.2) is 12.2 Å². The number of rotatable bonds is 6. The van der Waals surface area contributed by atoms with Crippen molar-refractivity contribution in [1.82, 2.24) is 4.90 Å². The fourth-order valence-corrected chi connectivity index (χ4v) is 1.86. The number of carboxylic acid groups (broad SMARTS) is 1. The molecule has 0 spiro atoms. The molecule has 0 atom stereocenters. The first-order chi connectivity index (χ1) is 7.68. The van der Waals surface area contributed by atoms with E-state index in [1.165, 1.54) is 25.3 Å². The largest absolute Gasteiger partial charge is 0.478 e. The van der Waals surface area contributed by atoms with Crippen LogP contribution in [0.4, 0.5) is 0 Å². The molecular formula is C12H21NO3. The molecule has 1 heterocycles. The zero-order chi connectivity index (χ0) is 11.8. The van der Waals surface area contributed by atoms with Gasteiger partial charge in [-0.3, -0.25) is 0 Å². The van der Waals surface area contributed by atoms with Crippen LogP contribution in [0.1, 0.15) is 19.3 Å². The van der Waals surface area contributed by atoms with Gasteiger partial charge >= 0.3 is 5.97 Å². The van der Waals surface area contributed by atoms with Gasteiger partial charge in [-0.2, -0.15) is 0 Å². The first kappa shape index (κ1) is 13.2. The van der Waals surface area contributed by atoms with E-state index in [-0.39, 0.29) is 0 Å². The quantitative estimate of drug-likeness (QED) is 0.696. The van der Waals surface area contributed by atoms with E-state index in [4.69, 9.17) is 9.84 Å². The normalized spacial score (nSPS) is 18.4. The highest BCUT2D eigenvalue weighted by molar-refractivity contribution is 5.79. The third-order valence-electron chi connectivity index (χ3n) is 2.94. The molecule has 1 fully saturated rings. The summed E-state index contributed by atoms with van der Waals surface area (Å²) in [6.45, 7) is 3.52. The molecule has 1 aliphatic heterocycles. The highest BCUT2D eigenvalue weighted by Crippen LogP contribution is 2.18. The Labute approximate surface area is 96.9 Å². The number of nitrogens with zero attached hydrogens (tertiary/aromatic N) is 1. The molecule has 0 bridgehead atoms. The molecule has 0 radical (unpaired) electrons. The lowest BCUT2D eigenvalue weighted by Crippen LogP contribution is -2.24. The van der Waals surface area contributed by atoms with E-state index in [1.54, 1.807) is 6.08 Å². The van der Waals surface area contributed by atoms with Crippen LogP contribution in [0.25, 0.3) is 0 Å². The maximum Gasteiger partial charge on any atom is 0.328 e. The summed E-state index contributed by atoms with van der Waals surface area (Å²) in [6, 6.07) is 0. The third-order valence-corrected chi connectivity index (χ3v) is 2.94. The molecule has 4 heteroatoms. The third kappa shape index (κ3) is 5.88. The van der Waals surface area contributed by atoms with Crippen LogP contribution in [0.5, 0.6) is 0 Å². The number of carbonyl (C=O) groups is 1. The van der Waals surface area contributed by atoms with Gasteiger partial charge < -0.3 is 14.7 Å². The molecule has 0 aliphatic carbocycles. The number of hydrogen-bond donors (Lipinski definition) is 1. The van der Waals surface area contributed by atoms with E-state index in [9.17, 15) is 4.79 Å². The fourth-order valence-electron chi connectivity index (χ4n) is 1.86. The maximum atomic E-state index is 10.3. The smallest absolute Gasteiger partial charge is 0.328 e. The number of ether oxygens (including phenoxy) is 1. The molecule has 0 aromatic rings. The lowest BCUT2D eigenvalue weighted by Gasteiger charge is -2.24. The topological polar surface area (TPSA) is 49.8 Å². The van der Waals surface area contributed by atoms with E-state index in [0.29, 0.717) is 6.54 Å². The fraction of sp³-hybridized carbons (Fsp3) is 0.750. The van der Waals surface area contributed by atoms with Gasteiger partial charge in [-0.25, -0.2) is 4.79 Å². The number of carboxylic acids is 1. The van der Waals surface area contributed by atoms with Crippen molar-refractivity contribution in [3.05, 3.63) is 12.2 Å². The first-order valence-corrected chi connectivity index (χ1v) is 5.84. The Morgan fingerprint density at radius 2 is 2.19 bits per heavy atom. The van der Waals surface area contributed by atoms with E-state index in [1.807, 2.05) is 7.05 Å². The lowest BCUT2D eigenvalue weighted by molar-refractivity contribution is -0.131. The summed E-state index contributed by atoms with van der Waals surface area (Å²) in [6.07, 6.45) is 6.40. The molecule has 0 aromatic heterocycles. The minimum atomic E-state index is -0.877. The molecular weight excluding hydrogens is 206 g/mol. The van der Waals surface area contributed by atoms with Crippen molar-refractivity contribution in [3.63, 3.8) is 0 Å². The molecule has 1 aliphatic rings. The molecule has 0 saturated carbocycles. The van der Waals surface area contributed by atoms with Crippen molar-refractivity contribution in [3.8, 4) is 0 Å². The highest BCUT2D eigenvalue weighted by Gasteiger charge is 2.13. The van der Waals surface area contributed by atoms with Gasteiger partial charge in [0.1, 0.15) is 0 Å². The summed E-state index contributed by atoms with van der Waals surface area (Å²) >= 11 is 0. The van der Waals surface area contributed by atoms with Gasteiger partial charge in [0, 0.05) is 25.8 Å². The van der Waals surface area contributed by atoms with Crippen molar-refractivity contribution < 1.29 is 14.6 Å². The first-order valence-electron chi connectivity index (χ1n) is 5.84.